The molecule has 0 unspecified atom stereocenters. The number of amides is 2. The van der Waals surface area contributed by atoms with E-state index in [4.69, 9.17) is 9.47 Å². The third kappa shape index (κ3) is 2.04. The highest BCUT2D eigenvalue weighted by Gasteiger charge is 2.39. The van der Waals surface area contributed by atoms with E-state index in [9.17, 15) is 9.59 Å². The fourth-order valence-electron chi connectivity index (χ4n) is 1.41. The molecule has 0 N–H and O–H groups in total. The fraction of sp³-hybridized carbons (Fsp3) is 0.778. The number of ether oxygens (including phenoxy) is 2. The van der Waals surface area contributed by atoms with Gasteiger partial charge in [-0.05, 0) is 5.92 Å². The van der Waals surface area contributed by atoms with E-state index in [1.807, 2.05) is 13.8 Å². The molecule has 0 radical (unpaired) electrons. The molecule has 0 saturated carbocycles. The fourth-order valence-corrected chi connectivity index (χ4v) is 1.41. The Morgan fingerprint density at radius 3 is 2.86 bits per heavy atom. The molecule has 1 saturated heterocycles. The van der Waals surface area contributed by atoms with Gasteiger partial charge in [-0.3, -0.25) is 4.79 Å². The van der Waals surface area contributed by atoms with Gasteiger partial charge < -0.3 is 9.47 Å². The molecule has 0 aromatic rings. The number of imide groups is 1. The Morgan fingerprint density at radius 1 is 1.71 bits per heavy atom. The molecule has 1 aliphatic heterocycles. The number of methoxy groups -OCH3 is 1. The number of rotatable bonds is 3. The zero-order valence-corrected chi connectivity index (χ0v) is 8.65. The highest BCUT2D eigenvalue weighted by molar-refractivity contribution is 5.94. The molecule has 0 aliphatic carbocycles. The third-order valence-electron chi connectivity index (χ3n) is 2.21. The Hall–Kier alpha value is -1.10. The minimum absolute atomic E-state index is 0.0850. The molecule has 1 aliphatic rings. The lowest BCUT2D eigenvalue weighted by molar-refractivity contribution is -0.133. The molecule has 0 aromatic carbocycles. The summed E-state index contributed by atoms with van der Waals surface area (Å²) >= 11 is 0. The first kappa shape index (κ1) is 11.0. The summed E-state index contributed by atoms with van der Waals surface area (Å²) in [5, 5.41) is 0. The molecule has 1 fully saturated rings. The lowest BCUT2D eigenvalue weighted by Crippen LogP contribution is -2.43. The molecule has 80 valence electrons. The minimum Gasteiger partial charge on any atom is -0.447 e. The van der Waals surface area contributed by atoms with Crippen molar-refractivity contribution in [2.24, 2.45) is 5.92 Å². The van der Waals surface area contributed by atoms with Crippen molar-refractivity contribution in [2.75, 3.05) is 20.3 Å². The second-order valence-corrected chi connectivity index (χ2v) is 3.59. The molecular formula is C9H15NO4. The van der Waals surface area contributed by atoms with Crippen molar-refractivity contribution in [2.45, 2.75) is 19.9 Å². The second-order valence-electron chi connectivity index (χ2n) is 3.59. The van der Waals surface area contributed by atoms with E-state index in [1.165, 1.54) is 7.11 Å². The van der Waals surface area contributed by atoms with Crippen molar-refractivity contribution < 1.29 is 19.1 Å². The molecule has 0 bridgehead atoms. The van der Waals surface area contributed by atoms with Gasteiger partial charge in [-0.25, -0.2) is 9.69 Å². The van der Waals surface area contributed by atoms with Crippen molar-refractivity contribution >= 4 is 12.0 Å². The maximum absolute atomic E-state index is 11.5. The molecule has 14 heavy (non-hydrogen) atoms. The third-order valence-corrected chi connectivity index (χ3v) is 2.21. The van der Waals surface area contributed by atoms with E-state index in [0.29, 0.717) is 0 Å². The maximum atomic E-state index is 11.5. The van der Waals surface area contributed by atoms with Crippen LogP contribution >= 0.6 is 0 Å². The zero-order valence-electron chi connectivity index (χ0n) is 8.65. The predicted octanol–water partition coefficient (Wildman–Crippen LogP) is 0.636. The number of nitrogens with zero attached hydrogens (tertiary/aromatic N) is 1. The number of hydrogen-bond acceptors (Lipinski definition) is 4. The maximum Gasteiger partial charge on any atom is 0.417 e. The quantitative estimate of drug-likeness (QED) is 0.672. The first-order chi connectivity index (χ1) is 6.57. The van der Waals surface area contributed by atoms with Crippen LogP contribution in [0.1, 0.15) is 13.8 Å². The summed E-state index contributed by atoms with van der Waals surface area (Å²) in [5.74, 6) is -0.143. The van der Waals surface area contributed by atoms with Crippen LogP contribution in [0, 0.1) is 5.92 Å². The van der Waals surface area contributed by atoms with Crippen LogP contribution in [-0.4, -0.2) is 43.3 Å². The summed E-state index contributed by atoms with van der Waals surface area (Å²) in [7, 11) is 1.42. The SMILES string of the molecule is COCC(=O)N1C(=O)OC[C@H]1C(C)C. The Bertz CT molecular complexity index is 239. The lowest BCUT2D eigenvalue weighted by Gasteiger charge is -2.21. The number of cyclic esters (lactones) is 1. The van der Waals surface area contributed by atoms with Crippen molar-refractivity contribution in [3.63, 3.8) is 0 Å². The standard InChI is InChI=1S/C9H15NO4/c1-6(2)7-4-14-9(12)10(7)8(11)5-13-3/h6-7H,4-5H2,1-3H3/t7-/m0/s1. The predicted molar refractivity (Wildman–Crippen MR) is 48.7 cm³/mol. The van der Waals surface area contributed by atoms with Gasteiger partial charge in [-0.2, -0.15) is 0 Å². The van der Waals surface area contributed by atoms with Crippen molar-refractivity contribution in [3.05, 3.63) is 0 Å². The average Bonchev–Trinajstić information content (AvgIpc) is 2.47. The normalized spacial score (nSPS) is 21.6. The van der Waals surface area contributed by atoms with E-state index < -0.39 is 6.09 Å². The van der Waals surface area contributed by atoms with Crippen LogP contribution in [0.5, 0.6) is 0 Å². The molecule has 2 amide bonds. The number of hydrogen-bond donors (Lipinski definition) is 0. The number of carbonyl (C=O) groups is 2. The molecule has 1 rings (SSSR count). The van der Waals surface area contributed by atoms with E-state index >= 15 is 0 Å². The summed E-state index contributed by atoms with van der Waals surface area (Å²) in [6.45, 7) is 4.09. The Kier molecular flexibility index (Phi) is 3.46. The molecule has 5 nitrogen and oxygen atoms in total. The van der Waals surface area contributed by atoms with Gasteiger partial charge in [-0.15, -0.1) is 0 Å². The molecule has 0 spiro atoms. The first-order valence-electron chi connectivity index (χ1n) is 4.55. The van der Waals surface area contributed by atoms with Gasteiger partial charge in [0.25, 0.3) is 5.91 Å². The van der Waals surface area contributed by atoms with Crippen LogP contribution in [0.2, 0.25) is 0 Å². The van der Waals surface area contributed by atoms with E-state index in [1.54, 1.807) is 0 Å². The first-order valence-corrected chi connectivity index (χ1v) is 4.55. The Morgan fingerprint density at radius 2 is 2.36 bits per heavy atom. The van der Waals surface area contributed by atoms with Gasteiger partial charge in [0.05, 0.1) is 6.04 Å². The van der Waals surface area contributed by atoms with Crippen molar-refractivity contribution in [1.82, 2.24) is 4.90 Å². The lowest BCUT2D eigenvalue weighted by atomic mass is 10.0. The number of carbonyl (C=O) groups excluding carboxylic acids is 2. The van der Waals surface area contributed by atoms with Gasteiger partial charge >= 0.3 is 6.09 Å². The summed E-state index contributed by atoms with van der Waals surface area (Å²) in [5.41, 5.74) is 0. The van der Waals surface area contributed by atoms with Crippen LogP contribution in [0.4, 0.5) is 4.79 Å². The van der Waals surface area contributed by atoms with Gasteiger partial charge in [0.1, 0.15) is 13.2 Å². The smallest absolute Gasteiger partial charge is 0.417 e. The van der Waals surface area contributed by atoms with Crippen LogP contribution in [0.3, 0.4) is 0 Å². The van der Waals surface area contributed by atoms with Gasteiger partial charge in [0.2, 0.25) is 0 Å². The summed E-state index contributed by atoms with van der Waals surface area (Å²) in [6.07, 6.45) is -0.564. The minimum atomic E-state index is -0.564. The molecule has 5 heteroatoms. The van der Waals surface area contributed by atoms with Gasteiger partial charge in [0.15, 0.2) is 0 Å². The summed E-state index contributed by atoms with van der Waals surface area (Å²) < 4.78 is 9.51. The van der Waals surface area contributed by atoms with Crippen molar-refractivity contribution in [3.8, 4) is 0 Å². The van der Waals surface area contributed by atoms with Crippen LogP contribution in [-0.2, 0) is 14.3 Å². The van der Waals surface area contributed by atoms with E-state index in [-0.39, 0.29) is 31.1 Å². The Labute approximate surface area is 83.0 Å². The summed E-state index contributed by atoms with van der Waals surface area (Å²) in [6, 6.07) is -0.162. The van der Waals surface area contributed by atoms with E-state index in [0.717, 1.165) is 4.90 Å². The second kappa shape index (κ2) is 4.41. The highest BCUT2D eigenvalue weighted by Crippen LogP contribution is 2.19. The van der Waals surface area contributed by atoms with Gasteiger partial charge in [0, 0.05) is 7.11 Å². The molecular weight excluding hydrogens is 186 g/mol. The van der Waals surface area contributed by atoms with Crippen LogP contribution in [0.25, 0.3) is 0 Å². The van der Waals surface area contributed by atoms with Gasteiger partial charge in [-0.1, -0.05) is 13.8 Å². The molecule has 1 heterocycles. The highest BCUT2D eigenvalue weighted by atomic mass is 16.6. The zero-order chi connectivity index (χ0) is 10.7. The average molecular weight is 201 g/mol. The summed E-state index contributed by atoms with van der Waals surface area (Å²) in [4.78, 5) is 23.9. The van der Waals surface area contributed by atoms with Crippen LogP contribution < -0.4 is 0 Å². The van der Waals surface area contributed by atoms with E-state index in [2.05, 4.69) is 0 Å². The molecule has 0 aromatic heterocycles. The van der Waals surface area contributed by atoms with Crippen molar-refractivity contribution in [1.29, 1.82) is 0 Å². The molecule has 1 atom stereocenters. The largest absolute Gasteiger partial charge is 0.447 e. The Balaban J connectivity index is 2.71. The monoisotopic (exact) mass is 201 g/mol. The topological polar surface area (TPSA) is 55.8 Å². The van der Waals surface area contributed by atoms with Crippen LogP contribution in [0.15, 0.2) is 0 Å².